The van der Waals surface area contributed by atoms with Gasteiger partial charge in [-0.05, 0) is 60.9 Å². The van der Waals surface area contributed by atoms with Crippen LogP contribution in [0.3, 0.4) is 0 Å². The standard InChI is InChI=1S/C23H28N2O5S/c1-7-12-30-21-10-8-18(14-22(21)29-6)9-11-23(26)24-20-15-19(13-16(2)17(20)3)31(27,28)25(4)5/h7-11,13-15H,1,12H2,2-6H3,(H,24,26)/b11-9+. The van der Waals surface area contributed by atoms with Gasteiger partial charge in [0.2, 0.25) is 15.9 Å². The van der Waals surface area contributed by atoms with Gasteiger partial charge in [0, 0.05) is 25.9 Å². The van der Waals surface area contributed by atoms with E-state index in [0.717, 1.165) is 21.0 Å². The lowest BCUT2D eigenvalue weighted by atomic mass is 10.1. The number of nitrogens with one attached hydrogen (secondary N) is 1. The molecule has 0 aliphatic rings. The van der Waals surface area contributed by atoms with Crippen molar-refractivity contribution in [2.24, 2.45) is 0 Å². The van der Waals surface area contributed by atoms with Gasteiger partial charge in [0.25, 0.3) is 0 Å². The highest BCUT2D eigenvalue weighted by atomic mass is 32.2. The summed E-state index contributed by atoms with van der Waals surface area (Å²) in [4.78, 5) is 12.6. The van der Waals surface area contributed by atoms with Crippen LogP contribution >= 0.6 is 0 Å². The van der Waals surface area contributed by atoms with E-state index in [1.807, 2.05) is 6.92 Å². The zero-order chi connectivity index (χ0) is 23.2. The van der Waals surface area contributed by atoms with Crippen molar-refractivity contribution in [3.8, 4) is 11.5 Å². The molecule has 0 aliphatic carbocycles. The van der Waals surface area contributed by atoms with Crippen molar-refractivity contribution in [1.29, 1.82) is 0 Å². The summed E-state index contributed by atoms with van der Waals surface area (Å²) in [7, 11) is 0.853. The number of ether oxygens (including phenoxy) is 2. The SMILES string of the molecule is C=CCOc1ccc(/C=C/C(=O)Nc2cc(S(=O)(=O)N(C)C)cc(C)c2C)cc1OC. The Bertz CT molecular complexity index is 1110. The molecule has 1 N–H and O–H groups in total. The van der Waals surface area contributed by atoms with Gasteiger partial charge in [-0.1, -0.05) is 18.7 Å². The van der Waals surface area contributed by atoms with Crippen molar-refractivity contribution in [2.45, 2.75) is 18.7 Å². The number of carbonyl (C=O) groups is 1. The number of hydrogen-bond donors (Lipinski definition) is 1. The van der Waals surface area contributed by atoms with E-state index in [0.29, 0.717) is 23.8 Å². The second-order valence-electron chi connectivity index (χ2n) is 7.03. The predicted octanol–water partition coefficient (Wildman–Crippen LogP) is 3.78. The monoisotopic (exact) mass is 444 g/mol. The molecule has 0 saturated heterocycles. The number of anilines is 1. The second-order valence-corrected chi connectivity index (χ2v) is 9.18. The van der Waals surface area contributed by atoms with Gasteiger partial charge in [0.05, 0.1) is 12.0 Å². The number of sulfonamides is 1. The first-order chi connectivity index (χ1) is 14.6. The van der Waals surface area contributed by atoms with Crippen molar-refractivity contribution >= 4 is 27.7 Å². The van der Waals surface area contributed by atoms with Crippen LogP contribution in [0.15, 0.2) is 54.0 Å². The summed E-state index contributed by atoms with van der Waals surface area (Å²) >= 11 is 0. The molecule has 0 fully saturated rings. The highest BCUT2D eigenvalue weighted by molar-refractivity contribution is 7.89. The zero-order valence-corrected chi connectivity index (χ0v) is 19.2. The average Bonchev–Trinajstić information content (AvgIpc) is 2.73. The maximum atomic E-state index is 12.5. The van der Waals surface area contributed by atoms with Crippen LogP contribution in [0.5, 0.6) is 11.5 Å². The van der Waals surface area contributed by atoms with E-state index in [4.69, 9.17) is 9.47 Å². The Morgan fingerprint density at radius 1 is 1.16 bits per heavy atom. The molecule has 8 heteroatoms. The molecule has 0 spiro atoms. The molecule has 7 nitrogen and oxygen atoms in total. The minimum atomic E-state index is -3.62. The second kappa shape index (κ2) is 10.3. The maximum Gasteiger partial charge on any atom is 0.248 e. The molecule has 0 bridgehead atoms. The number of methoxy groups -OCH3 is 1. The van der Waals surface area contributed by atoms with E-state index >= 15 is 0 Å². The van der Waals surface area contributed by atoms with Gasteiger partial charge in [-0.2, -0.15) is 0 Å². The lowest BCUT2D eigenvalue weighted by Crippen LogP contribution is -2.22. The molecule has 0 unspecified atom stereocenters. The molecule has 166 valence electrons. The summed E-state index contributed by atoms with van der Waals surface area (Å²) in [5.74, 6) is 0.736. The lowest BCUT2D eigenvalue weighted by Gasteiger charge is -2.16. The van der Waals surface area contributed by atoms with Gasteiger partial charge in [-0.3, -0.25) is 4.79 Å². The average molecular weight is 445 g/mol. The topological polar surface area (TPSA) is 84.9 Å². The van der Waals surface area contributed by atoms with E-state index in [1.165, 1.54) is 33.3 Å². The quantitative estimate of drug-likeness (QED) is 0.470. The van der Waals surface area contributed by atoms with Crippen LogP contribution in [0, 0.1) is 13.8 Å². The van der Waals surface area contributed by atoms with Crippen LogP contribution in [-0.2, 0) is 14.8 Å². The number of benzene rings is 2. The molecule has 0 atom stereocenters. The van der Waals surface area contributed by atoms with Crippen molar-refractivity contribution < 1.29 is 22.7 Å². The predicted molar refractivity (Wildman–Crippen MR) is 123 cm³/mol. The molecule has 31 heavy (non-hydrogen) atoms. The molecule has 0 aliphatic heterocycles. The molecule has 2 aromatic carbocycles. The van der Waals surface area contributed by atoms with Crippen molar-refractivity contribution in [1.82, 2.24) is 4.31 Å². The number of aryl methyl sites for hydroxylation is 1. The van der Waals surface area contributed by atoms with Crippen LogP contribution in [-0.4, -0.2) is 46.4 Å². The lowest BCUT2D eigenvalue weighted by molar-refractivity contribution is -0.111. The molecular formula is C23H28N2O5S. The summed E-state index contributed by atoms with van der Waals surface area (Å²) in [5, 5.41) is 2.76. The molecular weight excluding hydrogens is 416 g/mol. The van der Waals surface area contributed by atoms with Crippen LogP contribution in [0.25, 0.3) is 6.08 Å². The Balaban J connectivity index is 2.23. The molecule has 1 amide bonds. The fourth-order valence-electron chi connectivity index (χ4n) is 2.72. The van der Waals surface area contributed by atoms with Crippen molar-refractivity contribution in [2.75, 3.05) is 33.1 Å². The minimum Gasteiger partial charge on any atom is -0.493 e. The van der Waals surface area contributed by atoms with Crippen molar-refractivity contribution in [3.63, 3.8) is 0 Å². The Morgan fingerprint density at radius 2 is 1.87 bits per heavy atom. The first kappa shape index (κ1) is 24.2. The number of amides is 1. The summed E-state index contributed by atoms with van der Waals surface area (Å²) < 4.78 is 36.9. The third-order valence-electron chi connectivity index (χ3n) is 4.65. The summed E-state index contributed by atoms with van der Waals surface area (Å²) in [6, 6.07) is 8.37. The highest BCUT2D eigenvalue weighted by Crippen LogP contribution is 2.29. The van der Waals surface area contributed by atoms with Gasteiger partial charge in [0.15, 0.2) is 11.5 Å². The number of carbonyl (C=O) groups excluding carboxylic acids is 1. The third-order valence-corrected chi connectivity index (χ3v) is 6.44. The third kappa shape index (κ3) is 5.96. The van der Waals surface area contributed by atoms with Crippen LogP contribution in [0.2, 0.25) is 0 Å². The van der Waals surface area contributed by atoms with Gasteiger partial charge in [-0.15, -0.1) is 0 Å². The van der Waals surface area contributed by atoms with Gasteiger partial charge < -0.3 is 14.8 Å². The fraction of sp³-hybridized carbons (Fsp3) is 0.261. The molecule has 2 rings (SSSR count). The van der Waals surface area contributed by atoms with Crippen molar-refractivity contribution in [3.05, 3.63) is 65.8 Å². The van der Waals surface area contributed by atoms with E-state index in [9.17, 15) is 13.2 Å². The Kier molecular flexibility index (Phi) is 8.01. The minimum absolute atomic E-state index is 0.125. The van der Waals surface area contributed by atoms with Gasteiger partial charge >= 0.3 is 0 Å². The highest BCUT2D eigenvalue weighted by Gasteiger charge is 2.20. The molecule has 0 saturated carbocycles. The molecule has 0 heterocycles. The summed E-state index contributed by atoms with van der Waals surface area (Å²) in [6.07, 6.45) is 4.65. The summed E-state index contributed by atoms with van der Waals surface area (Å²) in [6.45, 7) is 7.60. The smallest absolute Gasteiger partial charge is 0.248 e. The summed E-state index contributed by atoms with van der Waals surface area (Å²) in [5.41, 5.74) is 2.75. The number of nitrogens with zero attached hydrogens (tertiary/aromatic N) is 1. The molecule has 0 aromatic heterocycles. The maximum absolute atomic E-state index is 12.5. The zero-order valence-electron chi connectivity index (χ0n) is 18.4. The van der Waals surface area contributed by atoms with Crippen LogP contribution in [0.4, 0.5) is 5.69 Å². The Hall–Kier alpha value is -3.10. The Labute approximate surface area is 184 Å². The first-order valence-corrected chi connectivity index (χ1v) is 11.0. The number of rotatable bonds is 9. The van der Waals surface area contributed by atoms with Crippen LogP contribution < -0.4 is 14.8 Å². The van der Waals surface area contributed by atoms with E-state index in [2.05, 4.69) is 11.9 Å². The Morgan fingerprint density at radius 3 is 2.48 bits per heavy atom. The molecule has 2 aromatic rings. The normalized spacial score (nSPS) is 11.5. The van der Waals surface area contributed by atoms with E-state index in [-0.39, 0.29) is 10.8 Å². The first-order valence-electron chi connectivity index (χ1n) is 9.54. The van der Waals surface area contributed by atoms with Gasteiger partial charge in [-0.25, -0.2) is 12.7 Å². The number of hydrogen-bond acceptors (Lipinski definition) is 5. The van der Waals surface area contributed by atoms with E-state index < -0.39 is 10.0 Å². The largest absolute Gasteiger partial charge is 0.493 e. The molecule has 0 radical (unpaired) electrons. The van der Waals surface area contributed by atoms with Gasteiger partial charge in [0.1, 0.15) is 6.61 Å². The van der Waals surface area contributed by atoms with Crippen LogP contribution in [0.1, 0.15) is 16.7 Å². The van der Waals surface area contributed by atoms with E-state index in [1.54, 1.807) is 43.3 Å². The fourth-order valence-corrected chi connectivity index (χ4v) is 3.73.